The van der Waals surface area contributed by atoms with E-state index in [1.807, 2.05) is 41.5 Å². The topological polar surface area (TPSA) is 46.5 Å². The third-order valence-corrected chi connectivity index (χ3v) is 3.22. The maximum atomic E-state index is 11.5. The first-order valence-electron chi connectivity index (χ1n) is 7.05. The van der Waals surface area contributed by atoms with E-state index in [1.54, 1.807) is 19.1 Å². The second kappa shape index (κ2) is 7.17. The van der Waals surface area contributed by atoms with E-state index in [2.05, 4.69) is 0 Å². The Bertz CT molecular complexity index is 473. The average molecular weight is 301 g/mol. The summed E-state index contributed by atoms with van der Waals surface area (Å²) in [6.45, 7) is 13.9. The van der Waals surface area contributed by atoms with Crippen molar-refractivity contribution in [1.82, 2.24) is 0 Å². The molecule has 0 spiro atoms. The van der Waals surface area contributed by atoms with Crippen molar-refractivity contribution in [3.63, 3.8) is 0 Å². The van der Waals surface area contributed by atoms with E-state index in [9.17, 15) is 9.90 Å². The van der Waals surface area contributed by atoms with Crippen LogP contribution in [0.5, 0.6) is 11.5 Å². The molecule has 1 aromatic carbocycles. The molecule has 1 aromatic rings. The van der Waals surface area contributed by atoms with Crippen LogP contribution in [0.15, 0.2) is 12.1 Å². The van der Waals surface area contributed by atoms with Gasteiger partial charge < -0.3 is 9.84 Å². The number of ether oxygens (including phenoxy) is 1. The number of carbonyl (C=O) groups excluding carboxylic acids is 1. The van der Waals surface area contributed by atoms with Crippen LogP contribution >= 0.6 is 0 Å². The summed E-state index contributed by atoms with van der Waals surface area (Å²) < 4.78 is 5.34. The Labute approximate surface area is 150 Å². The van der Waals surface area contributed by atoms with Gasteiger partial charge in [0.05, 0.1) is 0 Å². The molecular weight excluding hydrogens is 275 g/mol. The fourth-order valence-corrected chi connectivity index (χ4v) is 2.01. The van der Waals surface area contributed by atoms with Crippen molar-refractivity contribution in [3.05, 3.63) is 23.3 Å². The molecule has 0 saturated carbocycles. The van der Waals surface area contributed by atoms with Crippen LogP contribution in [0.4, 0.5) is 0 Å². The standard InChI is InChI=1S/C17H26O3.Na/c1-8-14(18)20-11-9-12(16(2,3)4)15(19)13(10-11)17(5,6)7;/h9-10,19H,8H2,1-7H3;. The van der Waals surface area contributed by atoms with Crippen LogP contribution in [0, 0.1) is 0 Å². The van der Waals surface area contributed by atoms with Gasteiger partial charge in [0.25, 0.3) is 0 Å². The minimum absolute atomic E-state index is 0. The normalized spacial score (nSPS) is 11.8. The van der Waals surface area contributed by atoms with Crippen molar-refractivity contribution in [2.75, 3.05) is 0 Å². The number of aromatic hydroxyl groups is 1. The summed E-state index contributed by atoms with van der Waals surface area (Å²) in [4.78, 5) is 11.5. The van der Waals surface area contributed by atoms with E-state index in [-0.39, 0.29) is 46.4 Å². The maximum absolute atomic E-state index is 11.5. The van der Waals surface area contributed by atoms with Crippen molar-refractivity contribution in [3.8, 4) is 11.5 Å². The van der Waals surface area contributed by atoms with E-state index in [0.29, 0.717) is 17.9 Å². The Balaban J connectivity index is 0.00000400. The monoisotopic (exact) mass is 301 g/mol. The Morgan fingerprint density at radius 3 is 1.71 bits per heavy atom. The van der Waals surface area contributed by atoms with Crippen molar-refractivity contribution >= 4 is 35.5 Å². The Morgan fingerprint density at radius 1 is 1.05 bits per heavy atom. The molecule has 0 aliphatic carbocycles. The zero-order valence-electron chi connectivity index (χ0n) is 14.6. The SMILES string of the molecule is CCC(=O)Oc1cc(C(C)(C)C)c(O)c(C(C)(C)C)c1.[Na]. The van der Waals surface area contributed by atoms with E-state index in [0.717, 1.165) is 11.1 Å². The molecule has 1 radical (unpaired) electrons. The summed E-state index contributed by atoms with van der Waals surface area (Å²) >= 11 is 0. The van der Waals surface area contributed by atoms with Gasteiger partial charge in [-0.1, -0.05) is 48.5 Å². The molecular formula is C17H26NaO3. The maximum Gasteiger partial charge on any atom is 0.310 e. The number of hydrogen-bond acceptors (Lipinski definition) is 3. The van der Waals surface area contributed by atoms with Crippen LogP contribution in [-0.4, -0.2) is 40.6 Å². The molecule has 0 amide bonds. The summed E-state index contributed by atoms with van der Waals surface area (Å²) in [5.41, 5.74) is 1.14. The van der Waals surface area contributed by atoms with E-state index < -0.39 is 0 Å². The van der Waals surface area contributed by atoms with E-state index >= 15 is 0 Å². The van der Waals surface area contributed by atoms with Gasteiger partial charge in [-0.3, -0.25) is 4.79 Å². The molecule has 0 atom stereocenters. The molecule has 0 aliphatic heterocycles. The third kappa shape index (κ3) is 5.32. The van der Waals surface area contributed by atoms with E-state index in [4.69, 9.17) is 4.74 Å². The van der Waals surface area contributed by atoms with Crippen LogP contribution in [0.25, 0.3) is 0 Å². The zero-order chi connectivity index (χ0) is 15.7. The fraction of sp³-hybridized carbons (Fsp3) is 0.588. The van der Waals surface area contributed by atoms with Gasteiger partial charge in [-0.2, -0.15) is 0 Å². The van der Waals surface area contributed by atoms with Crippen molar-refractivity contribution < 1.29 is 14.6 Å². The van der Waals surface area contributed by atoms with Gasteiger partial charge in [-0.05, 0) is 23.0 Å². The summed E-state index contributed by atoms with van der Waals surface area (Å²) in [7, 11) is 0. The first kappa shape index (κ1) is 20.5. The summed E-state index contributed by atoms with van der Waals surface area (Å²) in [6.07, 6.45) is 0.330. The van der Waals surface area contributed by atoms with Crippen molar-refractivity contribution in [1.29, 1.82) is 0 Å². The molecule has 21 heavy (non-hydrogen) atoms. The first-order valence-corrected chi connectivity index (χ1v) is 7.05. The second-order valence-electron chi connectivity index (χ2n) is 7.19. The van der Waals surface area contributed by atoms with Gasteiger partial charge in [0.2, 0.25) is 0 Å². The molecule has 3 nitrogen and oxygen atoms in total. The number of benzene rings is 1. The molecule has 0 heterocycles. The molecule has 0 bridgehead atoms. The minimum Gasteiger partial charge on any atom is -0.507 e. The molecule has 0 saturated heterocycles. The quantitative estimate of drug-likeness (QED) is 0.511. The summed E-state index contributed by atoms with van der Waals surface area (Å²) in [6, 6.07) is 3.52. The van der Waals surface area contributed by atoms with Gasteiger partial charge in [-0.25, -0.2) is 0 Å². The van der Waals surface area contributed by atoms with Gasteiger partial charge in [0.1, 0.15) is 11.5 Å². The van der Waals surface area contributed by atoms with Crippen LogP contribution in [-0.2, 0) is 15.6 Å². The first-order chi connectivity index (χ1) is 8.96. The van der Waals surface area contributed by atoms with Gasteiger partial charge >= 0.3 is 5.97 Å². The molecule has 0 aromatic heterocycles. The molecule has 0 aliphatic rings. The molecule has 113 valence electrons. The Hall–Kier alpha value is -0.510. The Kier molecular flexibility index (Phi) is 6.99. The minimum atomic E-state index is -0.268. The van der Waals surface area contributed by atoms with Crippen LogP contribution in [0.2, 0.25) is 0 Å². The number of phenols is 1. The predicted octanol–water partition coefficient (Wildman–Crippen LogP) is 3.92. The zero-order valence-corrected chi connectivity index (χ0v) is 16.6. The molecule has 0 fully saturated rings. The summed E-state index contributed by atoms with van der Waals surface area (Å²) in [5, 5.41) is 10.5. The van der Waals surface area contributed by atoms with Gasteiger partial charge in [0, 0.05) is 47.1 Å². The predicted molar refractivity (Wildman–Crippen MR) is 87.2 cm³/mol. The van der Waals surface area contributed by atoms with Crippen LogP contribution < -0.4 is 4.74 Å². The Morgan fingerprint density at radius 2 is 1.43 bits per heavy atom. The number of hydrogen-bond donors (Lipinski definition) is 1. The molecule has 1 rings (SSSR count). The average Bonchev–Trinajstić information content (AvgIpc) is 2.28. The van der Waals surface area contributed by atoms with Crippen molar-refractivity contribution in [2.24, 2.45) is 0 Å². The van der Waals surface area contributed by atoms with E-state index in [1.165, 1.54) is 0 Å². The second-order valence-corrected chi connectivity index (χ2v) is 7.19. The number of carbonyl (C=O) groups is 1. The molecule has 0 unspecified atom stereocenters. The van der Waals surface area contributed by atoms with Crippen LogP contribution in [0.1, 0.15) is 66.0 Å². The summed E-state index contributed by atoms with van der Waals surface area (Å²) in [5.74, 6) is 0.529. The third-order valence-electron chi connectivity index (χ3n) is 3.22. The largest absolute Gasteiger partial charge is 0.507 e. The number of phenolic OH excluding ortho intramolecular Hbond substituents is 1. The van der Waals surface area contributed by atoms with Crippen molar-refractivity contribution in [2.45, 2.75) is 65.7 Å². The number of rotatable bonds is 2. The smallest absolute Gasteiger partial charge is 0.310 e. The molecule has 1 N–H and O–H groups in total. The van der Waals surface area contributed by atoms with Gasteiger partial charge in [-0.15, -0.1) is 0 Å². The van der Waals surface area contributed by atoms with Crippen LogP contribution in [0.3, 0.4) is 0 Å². The fourth-order valence-electron chi connectivity index (χ4n) is 2.01. The number of esters is 1. The van der Waals surface area contributed by atoms with Gasteiger partial charge in [0.15, 0.2) is 0 Å². The molecule has 4 heteroatoms.